The van der Waals surface area contributed by atoms with Crippen LogP contribution in [-0.2, 0) is 9.13 Å². The van der Waals surface area contributed by atoms with Gasteiger partial charge in [0.2, 0.25) is 0 Å². The van der Waals surface area contributed by atoms with E-state index in [-0.39, 0.29) is 21.2 Å². The molecule has 0 saturated carbocycles. The summed E-state index contributed by atoms with van der Waals surface area (Å²) >= 11 is 4.01. The molecule has 2 aliphatic rings. The van der Waals surface area contributed by atoms with E-state index in [1.54, 1.807) is 6.08 Å². The molecule has 2 atom stereocenters. The van der Waals surface area contributed by atoms with Gasteiger partial charge in [-0.25, -0.2) is 0 Å². The number of hydrogen-bond acceptors (Lipinski definition) is 2. The minimum atomic E-state index is -2.61. The fourth-order valence-electron chi connectivity index (χ4n) is 2.64. The van der Waals surface area contributed by atoms with E-state index in [1.165, 1.54) is 0 Å². The Morgan fingerprint density at radius 1 is 1.20 bits per heavy atom. The van der Waals surface area contributed by atoms with Gasteiger partial charge in [0, 0.05) is 0 Å². The van der Waals surface area contributed by atoms with E-state index in [0.717, 1.165) is 32.4 Å². The van der Waals surface area contributed by atoms with Crippen LogP contribution in [0.1, 0.15) is 5.56 Å². The molecule has 2 unspecified atom stereocenters. The summed E-state index contributed by atoms with van der Waals surface area (Å²) < 4.78 is 28.4. The Hall–Kier alpha value is 1.09. The molecule has 2 heterocycles. The summed E-state index contributed by atoms with van der Waals surface area (Å²) in [6, 6.07) is 5.70. The summed E-state index contributed by atoms with van der Waals surface area (Å²) in [6.45, 7) is 3.84. The molecule has 0 saturated heterocycles. The molecule has 0 radical (unpaired) electrons. The summed E-state index contributed by atoms with van der Waals surface area (Å²) in [5.74, 6) is 0. The second-order valence-electron chi connectivity index (χ2n) is 4.41. The van der Waals surface area contributed by atoms with Crippen molar-refractivity contribution < 1.29 is 30.3 Å². The summed E-state index contributed by atoms with van der Waals surface area (Å²) in [5.41, 5.74) is 1.91. The van der Waals surface area contributed by atoms with Gasteiger partial charge in [0.25, 0.3) is 0 Å². The van der Waals surface area contributed by atoms with Gasteiger partial charge in [-0.15, -0.1) is 0 Å². The van der Waals surface area contributed by atoms with Crippen molar-refractivity contribution in [3.8, 4) is 0 Å². The Labute approximate surface area is 154 Å². The molecule has 20 heavy (non-hydrogen) atoms. The number of hydrogen-bond donors (Lipinski definition) is 0. The Bertz CT molecular complexity index is 808. The molecule has 0 bridgehead atoms. The molecule has 0 spiro atoms. The maximum atomic E-state index is 13.2. The van der Waals surface area contributed by atoms with Crippen molar-refractivity contribution in [3.05, 3.63) is 51.1 Å². The van der Waals surface area contributed by atoms with Crippen molar-refractivity contribution in [1.82, 2.24) is 0 Å². The predicted octanol–water partition coefficient (Wildman–Crippen LogP) is 1.85. The predicted molar refractivity (Wildman–Crippen MR) is 100 cm³/mol. The van der Waals surface area contributed by atoms with Crippen LogP contribution in [0.5, 0.6) is 0 Å². The maximum absolute atomic E-state index is 13.2. The van der Waals surface area contributed by atoms with Crippen molar-refractivity contribution >= 4 is 69.8 Å². The second kappa shape index (κ2) is 5.32. The Morgan fingerprint density at radius 3 is 2.35 bits per heavy atom. The van der Waals surface area contributed by atoms with Crippen LogP contribution in [0.15, 0.2) is 45.6 Å². The molecule has 3 rings (SSSR count). The van der Waals surface area contributed by atoms with E-state index >= 15 is 0 Å². The van der Waals surface area contributed by atoms with Gasteiger partial charge >= 0.3 is 156 Å². The number of benzene rings is 1. The summed E-state index contributed by atoms with van der Waals surface area (Å²) in [6.07, 6.45) is 1.69. The molecule has 2 nitrogen and oxygen atoms in total. The Kier molecular flexibility index (Phi) is 4.25. The van der Waals surface area contributed by atoms with Gasteiger partial charge < -0.3 is 0 Å². The third-order valence-corrected chi connectivity index (χ3v) is 15.4. The molecule has 0 fully saturated rings. The number of rotatable bonds is 2. The van der Waals surface area contributed by atoms with Gasteiger partial charge in [-0.3, -0.25) is 0 Å². The number of allylic oxidation sites excluding steroid dienone is 4. The Morgan fingerprint density at radius 2 is 1.80 bits per heavy atom. The normalized spacial score (nSPS) is 33.0. The number of halogens is 3. The fraction of sp³-hybridized carbons (Fsp3) is 0.0769. The van der Waals surface area contributed by atoms with Crippen molar-refractivity contribution in [3.63, 3.8) is 0 Å². The first kappa shape index (κ1) is 16.0. The van der Waals surface area contributed by atoms with Crippen LogP contribution in [0, 0.1) is 0 Å². The molecule has 106 valence electrons. The zero-order valence-corrected chi connectivity index (χ0v) is 18.7. The molecule has 1 aromatic rings. The van der Waals surface area contributed by atoms with Crippen molar-refractivity contribution in [2.45, 2.75) is 0 Å². The number of alkyl halides is 1. The van der Waals surface area contributed by atoms with Crippen LogP contribution >= 0.6 is 53.7 Å². The van der Waals surface area contributed by atoms with Gasteiger partial charge in [-0.05, 0) is 0 Å². The van der Waals surface area contributed by atoms with Crippen molar-refractivity contribution in [1.29, 1.82) is 0 Å². The first-order valence-corrected chi connectivity index (χ1v) is 18.1. The van der Waals surface area contributed by atoms with Crippen molar-refractivity contribution in [2.24, 2.45) is 0 Å². The van der Waals surface area contributed by atoms with Crippen LogP contribution in [0.25, 0.3) is 5.57 Å². The molecule has 1 aromatic carbocycles. The third-order valence-electron chi connectivity index (χ3n) is 3.43. The minimum absolute atomic E-state index is 0.135. The van der Waals surface area contributed by atoms with Gasteiger partial charge in [0.15, 0.2) is 0 Å². The molecular weight excluding hydrogens is 631 g/mol. The van der Waals surface area contributed by atoms with Gasteiger partial charge in [0.05, 0.1) is 0 Å². The van der Waals surface area contributed by atoms with E-state index in [9.17, 15) is 9.13 Å². The SMILES string of the molecule is C=CC1=C2/C(=C\[I-]C)P(=O)(I)c3cccc(c32)P1(=O)I. The van der Waals surface area contributed by atoms with Crippen LogP contribution in [0.4, 0.5) is 0 Å². The molecule has 0 N–H and O–H groups in total. The first-order chi connectivity index (χ1) is 9.37. The quantitative estimate of drug-likeness (QED) is 0.281. The summed E-state index contributed by atoms with van der Waals surface area (Å²) in [7, 11) is 0. The van der Waals surface area contributed by atoms with Crippen LogP contribution in [0.3, 0.4) is 0 Å². The summed E-state index contributed by atoms with van der Waals surface area (Å²) in [5, 5.41) is 3.39. The molecule has 7 heteroatoms. The zero-order valence-electron chi connectivity index (χ0n) is 10.4. The molecule has 0 amide bonds. The van der Waals surface area contributed by atoms with Gasteiger partial charge in [0.1, 0.15) is 0 Å². The third kappa shape index (κ3) is 1.99. The molecule has 2 aliphatic heterocycles. The van der Waals surface area contributed by atoms with Gasteiger partial charge in [-0.2, -0.15) is 0 Å². The second-order valence-corrected chi connectivity index (χ2v) is 18.5. The average Bonchev–Trinajstić information content (AvgIpc) is 2.75. The molecular formula is C13H10I3O2P2-. The van der Waals surface area contributed by atoms with E-state index < -0.39 is 9.57 Å². The fourth-order valence-corrected chi connectivity index (χ4v) is 15.5. The average molecular weight is 641 g/mol. The van der Waals surface area contributed by atoms with Crippen LogP contribution < -0.4 is 31.8 Å². The molecule has 0 aromatic heterocycles. The van der Waals surface area contributed by atoms with E-state index in [2.05, 4.69) is 59.7 Å². The van der Waals surface area contributed by atoms with Crippen LogP contribution in [0.2, 0.25) is 0 Å². The topological polar surface area (TPSA) is 34.1 Å². The zero-order chi connectivity index (χ0) is 14.7. The molecule has 0 aliphatic carbocycles. The van der Waals surface area contributed by atoms with E-state index in [0.29, 0.717) is 0 Å². The van der Waals surface area contributed by atoms with Crippen LogP contribution in [-0.4, -0.2) is 4.93 Å². The Balaban J connectivity index is 2.53. The van der Waals surface area contributed by atoms with Gasteiger partial charge in [-0.1, -0.05) is 0 Å². The standard InChI is InChI=1S/C13H10I3O2P2/c1-3-8-12-11(7-16-2)20(15,18)10-6-4-5-9(13(10)12)19(8,14)17/h3-7H,1H2,2H3/q-1/b11-7+. The van der Waals surface area contributed by atoms with E-state index in [4.69, 9.17) is 0 Å². The first-order valence-electron chi connectivity index (χ1n) is 5.67. The summed E-state index contributed by atoms with van der Waals surface area (Å²) in [4.78, 5) is -3.05. The van der Waals surface area contributed by atoms with Crippen molar-refractivity contribution in [2.75, 3.05) is 4.93 Å². The van der Waals surface area contributed by atoms with E-state index in [1.807, 2.05) is 18.2 Å². The monoisotopic (exact) mass is 641 g/mol.